The molecule has 0 unspecified atom stereocenters. The average molecular weight is 699 g/mol. The Balaban J connectivity index is 0.000000758. The summed E-state index contributed by atoms with van der Waals surface area (Å²) < 4.78 is 67.1. The quantitative estimate of drug-likeness (QED) is 0.147. The van der Waals surface area contributed by atoms with Gasteiger partial charge in [0.1, 0.15) is 28.6 Å². The molecule has 2 aliphatic heterocycles. The number of phenolic OH excluding ortho intramolecular Hbond substituents is 1. The first kappa shape index (κ1) is 37.0. The van der Waals surface area contributed by atoms with E-state index in [2.05, 4.69) is 26.0 Å². The molecule has 13 heteroatoms. The maximum atomic E-state index is 16.9. The van der Waals surface area contributed by atoms with Gasteiger partial charge in [0.25, 0.3) is 0 Å². The molecule has 8 nitrogen and oxygen atoms in total. The summed E-state index contributed by atoms with van der Waals surface area (Å²) in [6.07, 6.45) is 10.8. The van der Waals surface area contributed by atoms with Crippen LogP contribution >= 0.6 is 0 Å². The topological polar surface area (TPSA) is 86.6 Å². The molecule has 268 valence electrons. The molecule has 2 N–H and O–H groups in total. The molecule has 3 fully saturated rings. The van der Waals surface area contributed by atoms with Crippen molar-refractivity contribution in [2.24, 2.45) is 5.41 Å². The van der Waals surface area contributed by atoms with Crippen molar-refractivity contribution in [3.05, 3.63) is 47.2 Å². The standard InChI is InChI=1S/C34H36F2N6O2.C2H6.CHF3/c1-3-23-25(35)8-7-21-17-22(43)18-24(27(21)23)30-29(36)31-28(26(4-2)38-30)32(42-15-11-37-12-16-42)40-33(39-31)44-20-34(9-10-34)19-41-13-5-6-14-41;1-2;2-1(3)4/h1,7-8,17-18,37,43H,4-6,9-16,19-20H2,2H3;1-2H3;1H. The maximum Gasteiger partial charge on any atom is 0.379 e. The van der Waals surface area contributed by atoms with E-state index in [0.717, 1.165) is 45.6 Å². The number of nitrogens with one attached hydrogen (secondary N) is 1. The number of pyridine rings is 1. The van der Waals surface area contributed by atoms with Gasteiger partial charge in [-0.25, -0.2) is 13.8 Å². The molecule has 2 aromatic heterocycles. The number of phenols is 1. The lowest BCUT2D eigenvalue weighted by molar-refractivity contribution is 0.00818. The number of anilines is 1. The Morgan fingerprint density at radius 3 is 2.30 bits per heavy atom. The molecule has 1 aliphatic carbocycles. The lowest BCUT2D eigenvalue weighted by Crippen LogP contribution is -2.44. The van der Waals surface area contributed by atoms with Crippen LogP contribution in [0.25, 0.3) is 32.9 Å². The fraction of sp³-hybridized carbons (Fsp3) is 0.486. The Morgan fingerprint density at radius 2 is 1.68 bits per heavy atom. The van der Waals surface area contributed by atoms with Gasteiger partial charge in [0.2, 0.25) is 0 Å². The third-order valence-electron chi connectivity index (χ3n) is 9.25. The Kier molecular flexibility index (Phi) is 12.0. The number of halogens is 5. The minimum Gasteiger partial charge on any atom is -0.508 e. The van der Waals surface area contributed by atoms with Gasteiger partial charge in [-0.2, -0.15) is 23.1 Å². The number of ether oxygens (including phenoxy) is 1. The molecule has 1 saturated carbocycles. The number of benzene rings is 2. The van der Waals surface area contributed by atoms with Gasteiger partial charge in [-0.15, -0.1) is 6.42 Å². The highest BCUT2D eigenvalue weighted by atomic mass is 19.4. The second-order valence-corrected chi connectivity index (χ2v) is 12.5. The first-order valence-corrected chi connectivity index (χ1v) is 17.2. The van der Waals surface area contributed by atoms with E-state index in [9.17, 15) is 22.7 Å². The zero-order valence-electron chi connectivity index (χ0n) is 28.6. The summed E-state index contributed by atoms with van der Waals surface area (Å²) in [5.74, 6) is 1.60. The maximum absolute atomic E-state index is 16.9. The highest BCUT2D eigenvalue weighted by Gasteiger charge is 2.45. The average Bonchev–Trinajstić information content (AvgIpc) is 3.69. The molecule has 4 heterocycles. The lowest BCUT2D eigenvalue weighted by atomic mass is 9.95. The zero-order chi connectivity index (χ0) is 36.0. The summed E-state index contributed by atoms with van der Waals surface area (Å²) in [7, 11) is 0. The van der Waals surface area contributed by atoms with Crippen LogP contribution in [0.1, 0.15) is 57.7 Å². The molecule has 0 radical (unpaired) electrons. The van der Waals surface area contributed by atoms with Crippen molar-refractivity contribution >= 4 is 27.5 Å². The summed E-state index contributed by atoms with van der Waals surface area (Å²) in [6, 6.07) is 5.75. The first-order valence-electron chi connectivity index (χ1n) is 17.2. The van der Waals surface area contributed by atoms with E-state index in [1.807, 2.05) is 20.8 Å². The number of piperazine rings is 1. The van der Waals surface area contributed by atoms with E-state index in [4.69, 9.17) is 21.1 Å². The van der Waals surface area contributed by atoms with Gasteiger partial charge in [0.15, 0.2) is 5.82 Å². The first-order chi connectivity index (χ1) is 24.1. The molecule has 0 amide bonds. The van der Waals surface area contributed by atoms with Crippen LogP contribution in [-0.4, -0.2) is 84.1 Å². The van der Waals surface area contributed by atoms with Crippen LogP contribution in [0.5, 0.6) is 11.8 Å². The SMILES string of the molecule is C#Cc1c(F)ccc2cc(O)cc(-c3nc(CC)c4c(N5CCNCC5)nc(OCC5(CN6CCCC6)CC5)nc4c3F)c12.CC.FC(F)F. The van der Waals surface area contributed by atoms with Gasteiger partial charge >= 0.3 is 12.7 Å². The van der Waals surface area contributed by atoms with Gasteiger partial charge in [-0.1, -0.05) is 32.8 Å². The van der Waals surface area contributed by atoms with Crippen molar-refractivity contribution < 1.29 is 31.8 Å². The van der Waals surface area contributed by atoms with E-state index in [1.165, 1.54) is 37.1 Å². The number of rotatable bonds is 8. The molecule has 7 rings (SSSR count). The van der Waals surface area contributed by atoms with Gasteiger partial charge in [-0.05, 0) is 68.8 Å². The van der Waals surface area contributed by atoms with Gasteiger partial charge < -0.3 is 25.0 Å². The Bertz CT molecular complexity index is 1850. The van der Waals surface area contributed by atoms with E-state index >= 15 is 4.39 Å². The number of hydrogen-bond acceptors (Lipinski definition) is 8. The predicted octanol–water partition coefficient (Wildman–Crippen LogP) is 7.24. The molecule has 4 aromatic rings. The van der Waals surface area contributed by atoms with Gasteiger partial charge in [0, 0.05) is 49.1 Å². The summed E-state index contributed by atoms with van der Waals surface area (Å²) in [6.45, 7) is 8.91. The highest BCUT2D eigenvalue weighted by Crippen LogP contribution is 2.47. The third-order valence-corrected chi connectivity index (χ3v) is 9.25. The molecule has 50 heavy (non-hydrogen) atoms. The molecular formula is C37H43F5N6O2. The van der Waals surface area contributed by atoms with Crippen LogP contribution in [-0.2, 0) is 6.42 Å². The fourth-order valence-electron chi connectivity index (χ4n) is 6.72. The molecule has 2 aromatic carbocycles. The third kappa shape index (κ3) is 8.02. The van der Waals surface area contributed by atoms with Crippen molar-refractivity contribution in [2.45, 2.75) is 59.6 Å². The fourth-order valence-corrected chi connectivity index (χ4v) is 6.72. The van der Waals surface area contributed by atoms with Crippen molar-refractivity contribution in [3.63, 3.8) is 0 Å². The highest BCUT2D eigenvalue weighted by molar-refractivity contribution is 6.03. The lowest BCUT2D eigenvalue weighted by Gasteiger charge is -2.30. The second-order valence-electron chi connectivity index (χ2n) is 12.5. The molecule has 3 aliphatic rings. The molecule has 0 spiro atoms. The number of fused-ring (bicyclic) bond motifs is 2. The van der Waals surface area contributed by atoms with E-state index < -0.39 is 18.3 Å². The number of aromatic hydroxyl groups is 1. The monoisotopic (exact) mass is 698 g/mol. The number of hydrogen-bond donors (Lipinski definition) is 2. The number of likely N-dealkylation sites (tertiary alicyclic amines) is 1. The van der Waals surface area contributed by atoms with Crippen LogP contribution in [0, 0.1) is 29.4 Å². The number of aryl methyl sites for hydroxylation is 1. The van der Waals surface area contributed by atoms with Crippen molar-refractivity contribution in [2.75, 3.05) is 57.3 Å². The predicted molar refractivity (Wildman–Crippen MR) is 186 cm³/mol. The van der Waals surface area contributed by atoms with E-state index in [0.29, 0.717) is 53.8 Å². The molecular weight excluding hydrogens is 655 g/mol. The Hall–Kier alpha value is -4.28. The van der Waals surface area contributed by atoms with Crippen LogP contribution < -0.4 is 15.0 Å². The minimum atomic E-state index is -3.67. The normalized spacial score (nSPS) is 16.8. The summed E-state index contributed by atoms with van der Waals surface area (Å²) in [5.41, 5.74) is 0.891. The Morgan fingerprint density at radius 1 is 1.00 bits per heavy atom. The van der Waals surface area contributed by atoms with E-state index in [1.54, 1.807) is 0 Å². The Labute approximate surface area is 289 Å². The number of aromatic nitrogens is 3. The van der Waals surface area contributed by atoms with Crippen molar-refractivity contribution in [1.29, 1.82) is 0 Å². The van der Waals surface area contributed by atoms with E-state index in [-0.39, 0.29) is 39.5 Å². The van der Waals surface area contributed by atoms with Crippen LogP contribution in [0.3, 0.4) is 0 Å². The number of alkyl halides is 3. The summed E-state index contributed by atoms with van der Waals surface area (Å²) >= 11 is 0. The zero-order valence-corrected chi connectivity index (χ0v) is 28.6. The van der Waals surface area contributed by atoms with Crippen molar-refractivity contribution in [1.82, 2.24) is 25.2 Å². The minimum absolute atomic E-state index is 0.0159. The smallest absolute Gasteiger partial charge is 0.379 e. The number of nitrogens with zero attached hydrogens (tertiary/aromatic N) is 5. The molecule has 2 saturated heterocycles. The number of terminal acetylenes is 1. The van der Waals surface area contributed by atoms with Gasteiger partial charge in [0.05, 0.1) is 23.3 Å². The van der Waals surface area contributed by atoms with Crippen LogP contribution in [0.2, 0.25) is 0 Å². The second kappa shape index (κ2) is 16.2. The van der Waals surface area contributed by atoms with Crippen LogP contribution in [0.15, 0.2) is 24.3 Å². The molecule has 0 bridgehead atoms. The van der Waals surface area contributed by atoms with Crippen molar-refractivity contribution in [3.8, 4) is 35.4 Å². The molecule has 0 atom stereocenters. The van der Waals surface area contributed by atoms with Crippen LogP contribution in [0.4, 0.5) is 27.8 Å². The summed E-state index contributed by atoms with van der Waals surface area (Å²) in [4.78, 5) is 18.9. The van der Waals surface area contributed by atoms with Gasteiger partial charge in [-0.3, -0.25) is 0 Å². The largest absolute Gasteiger partial charge is 0.508 e. The summed E-state index contributed by atoms with van der Waals surface area (Å²) in [5, 5.41) is 15.3.